The van der Waals surface area contributed by atoms with Crippen LogP contribution in [0.5, 0.6) is 0 Å². The fourth-order valence-electron chi connectivity index (χ4n) is 4.04. The van der Waals surface area contributed by atoms with Gasteiger partial charge in [0.15, 0.2) is 5.96 Å². The average molecular weight is 479 g/mol. The number of hydrogen-bond acceptors (Lipinski definition) is 3. The quantitative estimate of drug-likeness (QED) is 0.335. The van der Waals surface area contributed by atoms with Crippen molar-refractivity contribution in [2.75, 3.05) is 45.8 Å². The highest BCUT2D eigenvalue weighted by Gasteiger charge is 2.31. The summed E-state index contributed by atoms with van der Waals surface area (Å²) in [4.78, 5) is 10.1. The second-order valence-corrected chi connectivity index (χ2v) is 8.28. The third kappa shape index (κ3) is 7.50. The van der Waals surface area contributed by atoms with Gasteiger partial charge in [-0.2, -0.15) is 0 Å². The van der Waals surface area contributed by atoms with Crippen LogP contribution in [0.4, 0.5) is 0 Å². The third-order valence-corrected chi connectivity index (χ3v) is 5.79. The fraction of sp³-hybridized carbons (Fsp3) is 0.950. The minimum Gasteiger partial charge on any atom is -0.357 e. The Morgan fingerprint density at radius 3 is 2.38 bits per heavy atom. The fourth-order valence-corrected chi connectivity index (χ4v) is 4.04. The Kier molecular flexibility index (Phi) is 11.4. The molecule has 2 fully saturated rings. The van der Waals surface area contributed by atoms with Crippen molar-refractivity contribution < 1.29 is 0 Å². The molecule has 0 aromatic heterocycles. The van der Waals surface area contributed by atoms with Crippen molar-refractivity contribution in [3.63, 3.8) is 0 Å². The molecular weight excluding hydrogens is 437 g/mol. The predicted octanol–water partition coefficient (Wildman–Crippen LogP) is 3.01. The highest BCUT2D eigenvalue weighted by Crippen LogP contribution is 2.19. The molecule has 0 radical (unpaired) electrons. The first-order valence-electron chi connectivity index (χ1n) is 10.5. The lowest BCUT2D eigenvalue weighted by Gasteiger charge is -2.31. The van der Waals surface area contributed by atoms with Gasteiger partial charge < -0.3 is 15.5 Å². The van der Waals surface area contributed by atoms with Crippen molar-refractivity contribution in [2.24, 2.45) is 16.8 Å². The molecule has 2 heterocycles. The molecule has 154 valence electrons. The molecule has 0 aromatic carbocycles. The SMILES string of the molecule is CCCN1CCC(CN=C(NCC)NC2CN(C(C)C)CC2C)CC1.I. The number of guanidine groups is 1. The number of aliphatic imine (C=N–C) groups is 1. The second kappa shape index (κ2) is 12.4. The van der Waals surface area contributed by atoms with Gasteiger partial charge in [0.1, 0.15) is 0 Å². The maximum atomic E-state index is 4.93. The zero-order chi connectivity index (χ0) is 18.2. The Hall–Kier alpha value is -0.0800. The van der Waals surface area contributed by atoms with Crippen molar-refractivity contribution >= 4 is 29.9 Å². The van der Waals surface area contributed by atoms with E-state index in [1.165, 1.54) is 45.4 Å². The van der Waals surface area contributed by atoms with Gasteiger partial charge in [-0.05, 0) is 71.5 Å². The van der Waals surface area contributed by atoms with E-state index in [-0.39, 0.29) is 24.0 Å². The Morgan fingerprint density at radius 1 is 1.15 bits per heavy atom. The van der Waals surface area contributed by atoms with Crippen molar-refractivity contribution in [3.8, 4) is 0 Å². The second-order valence-electron chi connectivity index (χ2n) is 8.28. The molecule has 2 saturated heterocycles. The molecule has 0 amide bonds. The number of nitrogens with one attached hydrogen (secondary N) is 2. The molecule has 0 bridgehead atoms. The molecule has 5 nitrogen and oxygen atoms in total. The maximum Gasteiger partial charge on any atom is 0.191 e. The number of hydrogen-bond donors (Lipinski definition) is 2. The van der Waals surface area contributed by atoms with E-state index in [4.69, 9.17) is 4.99 Å². The van der Waals surface area contributed by atoms with Gasteiger partial charge in [-0.1, -0.05) is 13.8 Å². The number of rotatable bonds is 7. The Balaban J connectivity index is 0.00000338. The van der Waals surface area contributed by atoms with Crippen LogP contribution in [0.2, 0.25) is 0 Å². The summed E-state index contributed by atoms with van der Waals surface area (Å²) in [7, 11) is 0. The molecule has 26 heavy (non-hydrogen) atoms. The van der Waals surface area contributed by atoms with Gasteiger partial charge in [0, 0.05) is 38.3 Å². The first-order chi connectivity index (χ1) is 12.0. The number of nitrogens with zero attached hydrogens (tertiary/aromatic N) is 3. The molecule has 2 N–H and O–H groups in total. The molecule has 2 atom stereocenters. The first kappa shape index (κ1) is 24.0. The first-order valence-corrected chi connectivity index (χ1v) is 10.5. The van der Waals surface area contributed by atoms with Crippen molar-refractivity contribution in [1.29, 1.82) is 0 Å². The summed E-state index contributed by atoms with van der Waals surface area (Å²) in [5.41, 5.74) is 0. The molecule has 0 saturated carbocycles. The van der Waals surface area contributed by atoms with Crippen LogP contribution in [-0.2, 0) is 0 Å². The van der Waals surface area contributed by atoms with Crippen molar-refractivity contribution in [1.82, 2.24) is 20.4 Å². The predicted molar refractivity (Wildman–Crippen MR) is 124 cm³/mol. The van der Waals surface area contributed by atoms with Gasteiger partial charge >= 0.3 is 0 Å². The van der Waals surface area contributed by atoms with Gasteiger partial charge in [-0.25, -0.2) is 0 Å². The minimum absolute atomic E-state index is 0. The van der Waals surface area contributed by atoms with Crippen LogP contribution in [-0.4, -0.2) is 73.7 Å². The number of likely N-dealkylation sites (tertiary alicyclic amines) is 2. The smallest absolute Gasteiger partial charge is 0.191 e. The van der Waals surface area contributed by atoms with E-state index in [0.717, 1.165) is 31.5 Å². The molecular formula is C20H42IN5. The average Bonchev–Trinajstić information content (AvgIpc) is 2.95. The van der Waals surface area contributed by atoms with E-state index >= 15 is 0 Å². The highest BCUT2D eigenvalue weighted by molar-refractivity contribution is 14.0. The summed E-state index contributed by atoms with van der Waals surface area (Å²) in [6.45, 7) is 19.3. The largest absolute Gasteiger partial charge is 0.357 e. The van der Waals surface area contributed by atoms with Crippen LogP contribution in [0.3, 0.4) is 0 Å². The van der Waals surface area contributed by atoms with Crippen LogP contribution < -0.4 is 10.6 Å². The van der Waals surface area contributed by atoms with Crippen LogP contribution >= 0.6 is 24.0 Å². The van der Waals surface area contributed by atoms with Crippen molar-refractivity contribution in [2.45, 2.75) is 66.0 Å². The molecule has 6 heteroatoms. The standard InChI is InChI=1S/C20H41N5.HI/c1-6-10-24-11-8-18(9-12-24)13-22-20(21-7-2)23-19-15-25(16(3)4)14-17(19)5;/h16-19H,6-15H2,1-5H3,(H2,21,22,23);1H. The molecule has 0 aliphatic carbocycles. The van der Waals surface area contributed by atoms with Gasteiger partial charge in [0.2, 0.25) is 0 Å². The van der Waals surface area contributed by atoms with Crippen LogP contribution in [0, 0.1) is 11.8 Å². The lowest BCUT2D eigenvalue weighted by atomic mass is 9.97. The third-order valence-electron chi connectivity index (χ3n) is 5.79. The normalized spacial score (nSPS) is 26.2. The monoisotopic (exact) mass is 479 g/mol. The minimum atomic E-state index is 0. The number of halogens is 1. The highest BCUT2D eigenvalue weighted by atomic mass is 127. The zero-order valence-electron chi connectivity index (χ0n) is 17.6. The van der Waals surface area contributed by atoms with E-state index in [1.807, 2.05) is 0 Å². The van der Waals surface area contributed by atoms with Gasteiger partial charge in [-0.3, -0.25) is 9.89 Å². The van der Waals surface area contributed by atoms with E-state index < -0.39 is 0 Å². The Labute approximate surface area is 178 Å². The summed E-state index contributed by atoms with van der Waals surface area (Å²) in [6.07, 6.45) is 3.86. The Bertz CT molecular complexity index is 407. The van der Waals surface area contributed by atoms with Crippen LogP contribution in [0.1, 0.15) is 53.9 Å². The van der Waals surface area contributed by atoms with E-state index in [1.54, 1.807) is 0 Å². The molecule has 0 aromatic rings. The summed E-state index contributed by atoms with van der Waals surface area (Å²) < 4.78 is 0. The molecule has 2 aliphatic heterocycles. The van der Waals surface area contributed by atoms with Gasteiger partial charge in [0.25, 0.3) is 0 Å². The summed E-state index contributed by atoms with van der Waals surface area (Å²) in [5.74, 6) is 2.43. The lowest BCUT2D eigenvalue weighted by Crippen LogP contribution is -2.47. The van der Waals surface area contributed by atoms with Crippen LogP contribution in [0.25, 0.3) is 0 Å². The maximum absolute atomic E-state index is 4.93. The van der Waals surface area contributed by atoms with Crippen LogP contribution in [0.15, 0.2) is 4.99 Å². The van der Waals surface area contributed by atoms with Gasteiger partial charge in [-0.15, -0.1) is 24.0 Å². The summed E-state index contributed by atoms with van der Waals surface area (Å²) in [5, 5.41) is 7.16. The molecule has 2 unspecified atom stereocenters. The number of piperidine rings is 1. The summed E-state index contributed by atoms with van der Waals surface area (Å²) >= 11 is 0. The molecule has 2 rings (SSSR count). The lowest BCUT2D eigenvalue weighted by molar-refractivity contribution is 0.188. The topological polar surface area (TPSA) is 42.9 Å². The Morgan fingerprint density at radius 2 is 1.85 bits per heavy atom. The van der Waals surface area contributed by atoms with E-state index in [0.29, 0.717) is 18.0 Å². The van der Waals surface area contributed by atoms with Gasteiger partial charge in [0.05, 0.1) is 0 Å². The zero-order valence-corrected chi connectivity index (χ0v) is 20.0. The molecule has 0 spiro atoms. The summed E-state index contributed by atoms with van der Waals surface area (Å²) in [6, 6.07) is 1.13. The molecule has 2 aliphatic rings. The van der Waals surface area contributed by atoms with E-state index in [2.05, 4.69) is 55.1 Å². The van der Waals surface area contributed by atoms with E-state index in [9.17, 15) is 0 Å². The van der Waals surface area contributed by atoms with Crippen molar-refractivity contribution in [3.05, 3.63) is 0 Å².